The van der Waals surface area contributed by atoms with E-state index < -0.39 is 5.41 Å². The van der Waals surface area contributed by atoms with Crippen molar-refractivity contribution in [1.29, 1.82) is 0 Å². The summed E-state index contributed by atoms with van der Waals surface area (Å²) in [4.78, 5) is 0. The van der Waals surface area contributed by atoms with Crippen LogP contribution in [-0.4, -0.2) is 36.1 Å². The Kier molecular flexibility index (Phi) is 6.33. The van der Waals surface area contributed by atoms with Crippen LogP contribution >= 0.6 is 0 Å². The molecule has 2 N–H and O–H groups in total. The standard InChI is InChI=1S/C15H24O3/c1-13(2)18-9-8-15(11-16,12-17)10-14-6-4-3-5-7-14/h3-7,13,16-17H,8-12H2,1-2H3. The van der Waals surface area contributed by atoms with E-state index in [0.717, 1.165) is 5.56 Å². The van der Waals surface area contributed by atoms with Crippen LogP contribution in [0, 0.1) is 5.41 Å². The van der Waals surface area contributed by atoms with Crippen molar-refractivity contribution < 1.29 is 14.9 Å². The van der Waals surface area contributed by atoms with Gasteiger partial charge in [-0.3, -0.25) is 0 Å². The summed E-state index contributed by atoms with van der Waals surface area (Å²) >= 11 is 0. The van der Waals surface area contributed by atoms with E-state index in [4.69, 9.17) is 4.74 Å². The lowest BCUT2D eigenvalue weighted by Crippen LogP contribution is -2.34. The van der Waals surface area contributed by atoms with Gasteiger partial charge in [-0.25, -0.2) is 0 Å². The van der Waals surface area contributed by atoms with Crippen molar-refractivity contribution in [3.05, 3.63) is 35.9 Å². The minimum atomic E-state index is -0.490. The first-order valence-electron chi connectivity index (χ1n) is 6.49. The van der Waals surface area contributed by atoms with Gasteiger partial charge in [0.05, 0.1) is 19.3 Å². The van der Waals surface area contributed by atoms with E-state index in [9.17, 15) is 10.2 Å². The lowest BCUT2D eigenvalue weighted by Gasteiger charge is -2.30. The van der Waals surface area contributed by atoms with E-state index >= 15 is 0 Å². The molecule has 1 rings (SSSR count). The van der Waals surface area contributed by atoms with Crippen LogP contribution in [0.2, 0.25) is 0 Å². The number of ether oxygens (including phenoxy) is 1. The molecule has 0 aliphatic rings. The van der Waals surface area contributed by atoms with Gasteiger partial charge < -0.3 is 14.9 Å². The quantitative estimate of drug-likeness (QED) is 0.744. The van der Waals surface area contributed by atoms with Gasteiger partial charge >= 0.3 is 0 Å². The van der Waals surface area contributed by atoms with Crippen LogP contribution in [0.15, 0.2) is 30.3 Å². The van der Waals surface area contributed by atoms with Gasteiger partial charge in [0.1, 0.15) is 0 Å². The van der Waals surface area contributed by atoms with Crippen molar-refractivity contribution in [2.75, 3.05) is 19.8 Å². The molecule has 0 unspecified atom stereocenters. The Labute approximate surface area is 109 Å². The lowest BCUT2D eigenvalue weighted by molar-refractivity contribution is 0.00118. The Morgan fingerprint density at radius 3 is 2.22 bits per heavy atom. The van der Waals surface area contributed by atoms with Gasteiger partial charge in [-0.15, -0.1) is 0 Å². The van der Waals surface area contributed by atoms with Crippen LogP contribution in [0.3, 0.4) is 0 Å². The van der Waals surface area contributed by atoms with Crippen molar-refractivity contribution in [1.82, 2.24) is 0 Å². The molecule has 0 atom stereocenters. The van der Waals surface area contributed by atoms with Crippen molar-refractivity contribution in [2.24, 2.45) is 5.41 Å². The molecule has 0 bridgehead atoms. The average Bonchev–Trinajstić information content (AvgIpc) is 2.38. The van der Waals surface area contributed by atoms with Crippen molar-refractivity contribution in [3.8, 4) is 0 Å². The second-order valence-corrected chi connectivity index (χ2v) is 5.15. The predicted molar refractivity (Wildman–Crippen MR) is 72.5 cm³/mol. The molecule has 0 heterocycles. The molecule has 0 amide bonds. The number of aliphatic hydroxyl groups is 2. The van der Waals surface area contributed by atoms with E-state index in [0.29, 0.717) is 19.4 Å². The van der Waals surface area contributed by atoms with Gasteiger partial charge in [0.15, 0.2) is 0 Å². The highest BCUT2D eigenvalue weighted by Gasteiger charge is 2.29. The van der Waals surface area contributed by atoms with Crippen molar-refractivity contribution in [3.63, 3.8) is 0 Å². The number of aliphatic hydroxyl groups excluding tert-OH is 2. The normalized spacial score (nSPS) is 12.1. The van der Waals surface area contributed by atoms with Crippen LogP contribution in [0.5, 0.6) is 0 Å². The maximum Gasteiger partial charge on any atom is 0.0518 e. The molecule has 102 valence electrons. The predicted octanol–water partition coefficient (Wildman–Crippen LogP) is 2.02. The maximum absolute atomic E-state index is 9.59. The number of hydrogen-bond donors (Lipinski definition) is 2. The molecule has 0 aliphatic carbocycles. The van der Waals surface area contributed by atoms with Crippen LogP contribution < -0.4 is 0 Å². The molecule has 1 aromatic rings. The molecule has 0 aromatic heterocycles. The molecular formula is C15H24O3. The van der Waals surface area contributed by atoms with Crippen LogP contribution in [0.25, 0.3) is 0 Å². The summed E-state index contributed by atoms with van der Waals surface area (Å²) in [6, 6.07) is 9.94. The highest BCUT2D eigenvalue weighted by atomic mass is 16.5. The molecule has 3 nitrogen and oxygen atoms in total. The summed E-state index contributed by atoms with van der Waals surface area (Å²) in [5.41, 5.74) is 0.640. The first-order chi connectivity index (χ1) is 8.62. The van der Waals surface area contributed by atoms with E-state index in [-0.39, 0.29) is 19.3 Å². The SMILES string of the molecule is CC(C)OCCC(CO)(CO)Cc1ccccc1. The summed E-state index contributed by atoms with van der Waals surface area (Å²) in [5.74, 6) is 0. The molecule has 0 spiro atoms. The Morgan fingerprint density at radius 1 is 1.11 bits per heavy atom. The largest absolute Gasteiger partial charge is 0.396 e. The molecule has 0 fully saturated rings. The Morgan fingerprint density at radius 2 is 1.72 bits per heavy atom. The smallest absolute Gasteiger partial charge is 0.0518 e. The summed E-state index contributed by atoms with van der Waals surface area (Å²) in [7, 11) is 0. The molecule has 3 heteroatoms. The van der Waals surface area contributed by atoms with Crippen LogP contribution in [-0.2, 0) is 11.2 Å². The first kappa shape index (κ1) is 15.2. The first-order valence-corrected chi connectivity index (χ1v) is 6.49. The van der Waals surface area contributed by atoms with Crippen molar-refractivity contribution in [2.45, 2.75) is 32.8 Å². The third-order valence-electron chi connectivity index (χ3n) is 3.18. The summed E-state index contributed by atoms with van der Waals surface area (Å²) in [6.07, 6.45) is 1.51. The Balaban J connectivity index is 2.62. The highest BCUT2D eigenvalue weighted by molar-refractivity contribution is 5.16. The second-order valence-electron chi connectivity index (χ2n) is 5.15. The zero-order valence-electron chi connectivity index (χ0n) is 11.3. The van der Waals surface area contributed by atoms with Gasteiger partial charge in [-0.05, 0) is 32.3 Å². The summed E-state index contributed by atoms with van der Waals surface area (Å²) in [5, 5.41) is 19.2. The van der Waals surface area contributed by atoms with Crippen LogP contribution in [0.1, 0.15) is 25.8 Å². The molecule has 0 aliphatic heterocycles. The van der Waals surface area contributed by atoms with E-state index in [1.54, 1.807) is 0 Å². The molecule has 0 saturated heterocycles. The van der Waals surface area contributed by atoms with Crippen molar-refractivity contribution >= 4 is 0 Å². The minimum Gasteiger partial charge on any atom is -0.396 e. The molecule has 18 heavy (non-hydrogen) atoms. The Bertz CT molecular complexity index is 318. The fourth-order valence-corrected chi connectivity index (χ4v) is 1.95. The van der Waals surface area contributed by atoms with E-state index in [1.807, 2.05) is 44.2 Å². The molecule has 0 radical (unpaired) electrons. The monoisotopic (exact) mass is 252 g/mol. The van der Waals surface area contributed by atoms with Gasteiger partial charge in [0.2, 0.25) is 0 Å². The van der Waals surface area contributed by atoms with E-state index in [2.05, 4.69) is 0 Å². The average molecular weight is 252 g/mol. The zero-order valence-corrected chi connectivity index (χ0v) is 11.3. The number of benzene rings is 1. The summed E-state index contributed by atoms with van der Waals surface area (Å²) in [6.45, 7) is 4.47. The van der Waals surface area contributed by atoms with Gasteiger partial charge in [0.25, 0.3) is 0 Å². The third-order valence-corrected chi connectivity index (χ3v) is 3.18. The van der Waals surface area contributed by atoms with Gasteiger partial charge in [0, 0.05) is 12.0 Å². The van der Waals surface area contributed by atoms with Crippen LogP contribution in [0.4, 0.5) is 0 Å². The lowest BCUT2D eigenvalue weighted by atomic mass is 9.80. The molecule has 0 saturated carbocycles. The van der Waals surface area contributed by atoms with E-state index in [1.165, 1.54) is 0 Å². The molecular weight excluding hydrogens is 228 g/mol. The minimum absolute atomic E-state index is 0.0279. The highest BCUT2D eigenvalue weighted by Crippen LogP contribution is 2.26. The molecule has 1 aromatic carbocycles. The van der Waals surface area contributed by atoms with Gasteiger partial charge in [-0.1, -0.05) is 30.3 Å². The fourth-order valence-electron chi connectivity index (χ4n) is 1.95. The third kappa shape index (κ3) is 4.77. The zero-order chi connectivity index (χ0) is 13.4. The number of rotatable bonds is 8. The summed E-state index contributed by atoms with van der Waals surface area (Å²) < 4.78 is 5.52. The topological polar surface area (TPSA) is 49.7 Å². The second kappa shape index (κ2) is 7.52. The van der Waals surface area contributed by atoms with Gasteiger partial charge in [-0.2, -0.15) is 0 Å². The number of hydrogen-bond acceptors (Lipinski definition) is 3. The maximum atomic E-state index is 9.59. The fraction of sp³-hybridized carbons (Fsp3) is 0.600. The Hall–Kier alpha value is -0.900.